The largest absolute Gasteiger partial charge is 0.342 e. The minimum atomic E-state index is 0.225. The van der Waals surface area contributed by atoms with E-state index in [-0.39, 0.29) is 5.91 Å². The molecule has 1 saturated heterocycles. The highest BCUT2D eigenvalue weighted by atomic mass is 16.2. The lowest BCUT2D eigenvalue weighted by atomic mass is 9.94. The number of aromatic nitrogens is 3. The van der Waals surface area contributed by atoms with Crippen LogP contribution in [0.1, 0.15) is 36.4 Å². The number of carbonyl (C=O) groups excluding carboxylic acids is 1. The van der Waals surface area contributed by atoms with E-state index in [1.54, 1.807) is 18.7 Å². The van der Waals surface area contributed by atoms with Gasteiger partial charge in [-0.15, -0.1) is 0 Å². The van der Waals surface area contributed by atoms with Crippen LogP contribution < -0.4 is 0 Å². The number of hydrogen-bond donors (Lipinski definition) is 0. The summed E-state index contributed by atoms with van der Waals surface area (Å²) in [6.07, 6.45) is 10.3. The maximum Gasteiger partial charge on any atom is 0.222 e. The molecule has 3 heterocycles. The molecule has 0 bridgehead atoms. The summed E-state index contributed by atoms with van der Waals surface area (Å²) < 4.78 is 0. The van der Waals surface area contributed by atoms with E-state index in [2.05, 4.69) is 15.0 Å². The van der Waals surface area contributed by atoms with Crippen molar-refractivity contribution in [3.8, 4) is 0 Å². The van der Waals surface area contributed by atoms with Crippen molar-refractivity contribution in [3.63, 3.8) is 0 Å². The minimum absolute atomic E-state index is 0.225. The molecule has 2 aromatic rings. The van der Waals surface area contributed by atoms with Gasteiger partial charge in [-0.2, -0.15) is 0 Å². The van der Waals surface area contributed by atoms with E-state index in [1.807, 2.05) is 29.3 Å². The lowest BCUT2D eigenvalue weighted by Crippen LogP contribution is -2.39. The van der Waals surface area contributed by atoms with E-state index in [0.717, 1.165) is 43.6 Å². The molecule has 5 nitrogen and oxygen atoms in total. The summed E-state index contributed by atoms with van der Waals surface area (Å²) in [5.74, 6) is 0.557. The predicted molar refractivity (Wildman–Crippen MR) is 83.1 cm³/mol. The highest BCUT2D eigenvalue weighted by molar-refractivity contribution is 5.76. The number of hydrogen-bond acceptors (Lipinski definition) is 4. The zero-order chi connectivity index (χ0) is 15.2. The molecule has 1 aliphatic heterocycles. The first-order valence-electron chi connectivity index (χ1n) is 7.75. The van der Waals surface area contributed by atoms with Crippen LogP contribution in [0.25, 0.3) is 0 Å². The van der Waals surface area contributed by atoms with Crippen LogP contribution in [0.4, 0.5) is 0 Å². The van der Waals surface area contributed by atoms with Crippen molar-refractivity contribution in [1.29, 1.82) is 0 Å². The molecule has 0 saturated carbocycles. The van der Waals surface area contributed by atoms with Gasteiger partial charge in [0.15, 0.2) is 0 Å². The maximum atomic E-state index is 12.4. The Morgan fingerprint density at radius 3 is 3.00 bits per heavy atom. The van der Waals surface area contributed by atoms with Gasteiger partial charge < -0.3 is 4.90 Å². The number of amides is 1. The van der Waals surface area contributed by atoms with Gasteiger partial charge in [0, 0.05) is 49.7 Å². The monoisotopic (exact) mass is 296 g/mol. The number of aryl methyl sites for hydroxylation is 1. The summed E-state index contributed by atoms with van der Waals surface area (Å²) in [5, 5.41) is 0. The Labute approximate surface area is 130 Å². The fourth-order valence-corrected chi connectivity index (χ4v) is 2.94. The lowest BCUT2D eigenvalue weighted by molar-refractivity contribution is -0.132. The Bertz CT molecular complexity index is 603. The van der Waals surface area contributed by atoms with Crippen molar-refractivity contribution in [2.75, 3.05) is 13.1 Å². The van der Waals surface area contributed by atoms with Gasteiger partial charge in [0.25, 0.3) is 0 Å². The predicted octanol–water partition coefficient (Wildman–Crippen LogP) is 2.21. The Kier molecular flexibility index (Phi) is 4.73. The van der Waals surface area contributed by atoms with Crippen LogP contribution >= 0.6 is 0 Å². The molecule has 0 N–H and O–H groups in total. The molecule has 22 heavy (non-hydrogen) atoms. The molecule has 0 aliphatic carbocycles. The molecule has 0 spiro atoms. The molecular formula is C17H20N4O. The lowest BCUT2D eigenvalue weighted by Gasteiger charge is -2.32. The number of pyridine rings is 1. The molecule has 3 rings (SSSR count). The van der Waals surface area contributed by atoms with Crippen LogP contribution in [-0.2, 0) is 11.2 Å². The average molecular weight is 296 g/mol. The first kappa shape index (κ1) is 14.6. The first-order chi connectivity index (χ1) is 10.8. The third-order valence-electron chi connectivity index (χ3n) is 4.15. The molecule has 2 aromatic heterocycles. The van der Waals surface area contributed by atoms with Crippen molar-refractivity contribution in [2.24, 2.45) is 0 Å². The molecule has 0 aromatic carbocycles. The Morgan fingerprint density at radius 1 is 1.27 bits per heavy atom. The summed E-state index contributed by atoms with van der Waals surface area (Å²) in [4.78, 5) is 26.8. The number of likely N-dealkylation sites (tertiary alicyclic amines) is 1. The quantitative estimate of drug-likeness (QED) is 0.868. The summed E-state index contributed by atoms with van der Waals surface area (Å²) in [5.41, 5.74) is 2.15. The van der Waals surface area contributed by atoms with Crippen LogP contribution in [-0.4, -0.2) is 38.8 Å². The van der Waals surface area contributed by atoms with Gasteiger partial charge in [-0.05, 0) is 37.0 Å². The molecule has 1 fully saturated rings. The SMILES string of the molecule is O=C(CCc1cccnc1)N1CCCC(c2ccncn2)C1. The molecule has 0 radical (unpaired) electrons. The van der Waals surface area contributed by atoms with Crippen LogP contribution in [0.2, 0.25) is 0 Å². The smallest absolute Gasteiger partial charge is 0.222 e. The second-order valence-electron chi connectivity index (χ2n) is 5.67. The summed E-state index contributed by atoms with van der Waals surface area (Å²) in [7, 11) is 0. The van der Waals surface area contributed by atoms with Gasteiger partial charge >= 0.3 is 0 Å². The summed E-state index contributed by atoms with van der Waals surface area (Å²) in [6.45, 7) is 1.62. The maximum absolute atomic E-state index is 12.4. The normalized spacial score (nSPS) is 18.2. The Balaban J connectivity index is 1.56. The van der Waals surface area contributed by atoms with Crippen LogP contribution in [0, 0.1) is 0 Å². The van der Waals surface area contributed by atoms with E-state index in [4.69, 9.17) is 0 Å². The molecular weight excluding hydrogens is 276 g/mol. The first-order valence-corrected chi connectivity index (χ1v) is 7.75. The fourth-order valence-electron chi connectivity index (χ4n) is 2.94. The molecule has 1 amide bonds. The Hall–Kier alpha value is -2.30. The topological polar surface area (TPSA) is 59.0 Å². The Morgan fingerprint density at radius 2 is 2.23 bits per heavy atom. The van der Waals surface area contributed by atoms with Gasteiger partial charge in [-0.25, -0.2) is 9.97 Å². The highest BCUT2D eigenvalue weighted by Crippen LogP contribution is 2.25. The number of nitrogens with zero attached hydrogens (tertiary/aromatic N) is 4. The average Bonchev–Trinajstić information content (AvgIpc) is 2.61. The van der Waals surface area contributed by atoms with Crippen molar-refractivity contribution in [1.82, 2.24) is 19.9 Å². The third kappa shape index (κ3) is 3.67. The standard InChI is InChI=1S/C17H20N4O/c22-17(6-5-14-3-1-8-18-11-14)21-10-2-4-15(12-21)16-7-9-19-13-20-16/h1,3,7-9,11,13,15H,2,4-6,10,12H2. The zero-order valence-corrected chi connectivity index (χ0v) is 12.6. The molecule has 114 valence electrons. The number of carbonyl (C=O) groups is 1. The minimum Gasteiger partial charge on any atom is -0.342 e. The third-order valence-corrected chi connectivity index (χ3v) is 4.15. The van der Waals surface area contributed by atoms with Crippen LogP contribution in [0.5, 0.6) is 0 Å². The van der Waals surface area contributed by atoms with Gasteiger partial charge in [0.1, 0.15) is 6.33 Å². The van der Waals surface area contributed by atoms with Crippen LogP contribution in [0.3, 0.4) is 0 Å². The molecule has 1 atom stereocenters. The fraction of sp³-hybridized carbons (Fsp3) is 0.412. The highest BCUT2D eigenvalue weighted by Gasteiger charge is 2.25. The van der Waals surface area contributed by atoms with Crippen molar-refractivity contribution < 1.29 is 4.79 Å². The van der Waals surface area contributed by atoms with Gasteiger partial charge in [0.05, 0.1) is 0 Å². The van der Waals surface area contributed by atoms with E-state index >= 15 is 0 Å². The van der Waals surface area contributed by atoms with Crippen LogP contribution in [0.15, 0.2) is 43.1 Å². The van der Waals surface area contributed by atoms with Crippen molar-refractivity contribution in [3.05, 3.63) is 54.4 Å². The van der Waals surface area contributed by atoms with Crippen molar-refractivity contribution in [2.45, 2.75) is 31.6 Å². The molecule has 1 unspecified atom stereocenters. The second-order valence-corrected chi connectivity index (χ2v) is 5.67. The van der Waals surface area contributed by atoms with E-state index in [9.17, 15) is 4.79 Å². The summed E-state index contributed by atoms with van der Waals surface area (Å²) >= 11 is 0. The number of rotatable bonds is 4. The van der Waals surface area contributed by atoms with E-state index < -0.39 is 0 Å². The van der Waals surface area contributed by atoms with E-state index in [1.165, 1.54) is 0 Å². The van der Waals surface area contributed by atoms with Gasteiger partial charge in [-0.3, -0.25) is 9.78 Å². The zero-order valence-electron chi connectivity index (χ0n) is 12.6. The summed E-state index contributed by atoms with van der Waals surface area (Å²) in [6, 6.07) is 5.88. The molecule has 5 heteroatoms. The van der Waals surface area contributed by atoms with Gasteiger partial charge in [-0.1, -0.05) is 6.07 Å². The van der Waals surface area contributed by atoms with Gasteiger partial charge in [0.2, 0.25) is 5.91 Å². The molecule has 1 aliphatic rings. The van der Waals surface area contributed by atoms with Crippen molar-refractivity contribution >= 4 is 5.91 Å². The number of piperidine rings is 1. The van der Waals surface area contributed by atoms with E-state index in [0.29, 0.717) is 12.3 Å². The second kappa shape index (κ2) is 7.11.